The lowest BCUT2D eigenvalue weighted by atomic mass is 10.0. The van der Waals surface area contributed by atoms with Gasteiger partial charge >= 0.3 is 0 Å². The summed E-state index contributed by atoms with van der Waals surface area (Å²) in [4.78, 5) is 3.78. The predicted octanol–water partition coefficient (Wildman–Crippen LogP) is 11.5. The molecule has 0 aliphatic rings. The third kappa shape index (κ3) is 22.4. The molecular formula is C38H58N4O. The minimum Gasteiger partial charge on any atom is -0.469 e. The highest BCUT2D eigenvalue weighted by atomic mass is 16.3. The van der Waals surface area contributed by atoms with E-state index in [0.717, 1.165) is 11.7 Å². The maximum absolute atomic E-state index is 5.09. The third-order valence-electron chi connectivity index (χ3n) is 5.42. The van der Waals surface area contributed by atoms with Crippen molar-refractivity contribution < 1.29 is 4.42 Å². The van der Waals surface area contributed by atoms with Gasteiger partial charge in [-0.25, -0.2) is 0 Å². The van der Waals surface area contributed by atoms with E-state index in [1.165, 1.54) is 5.56 Å². The Balaban J connectivity index is 0.000000500. The molecular weight excluding hydrogens is 528 g/mol. The Kier molecular flexibility index (Phi) is 22.5. The zero-order chi connectivity index (χ0) is 32.5. The Labute approximate surface area is 263 Å². The molecule has 1 aromatic carbocycles. The van der Waals surface area contributed by atoms with Gasteiger partial charge in [-0.1, -0.05) is 84.9 Å². The molecule has 5 aromatic rings. The van der Waals surface area contributed by atoms with Crippen molar-refractivity contribution >= 4 is 0 Å². The van der Waals surface area contributed by atoms with Crippen LogP contribution in [0.5, 0.6) is 0 Å². The van der Waals surface area contributed by atoms with Gasteiger partial charge in [0.05, 0.1) is 6.26 Å². The number of rotatable bonds is 4. The fourth-order valence-electron chi connectivity index (χ4n) is 3.05. The molecule has 0 spiro atoms. The van der Waals surface area contributed by atoms with Crippen LogP contribution in [0, 0.1) is 5.92 Å². The molecule has 0 aliphatic heterocycles. The second-order valence-corrected chi connectivity index (χ2v) is 11.8. The van der Waals surface area contributed by atoms with Crippen LogP contribution in [-0.2, 0) is 0 Å². The number of aromatic nitrogens is 4. The van der Waals surface area contributed by atoms with Crippen molar-refractivity contribution in [2.75, 3.05) is 0 Å². The molecule has 236 valence electrons. The zero-order valence-electron chi connectivity index (χ0n) is 28.6. The Morgan fingerprint density at radius 1 is 0.535 bits per heavy atom. The van der Waals surface area contributed by atoms with Gasteiger partial charge in [-0.2, -0.15) is 5.10 Å². The van der Waals surface area contributed by atoms with Crippen LogP contribution >= 0.6 is 0 Å². The highest BCUT2D eigenvalue weighted by molar-refractivity contribution is 5.17. The summed E-state index contributed by atoms with van der Waals surface area (Å²) >= 11 is 0. The molecule has 4 heterocycles. The summed E-state index contributed by atoms with van der Waals surface area (Å²) in [6.07, 6.45) is 13.1. The molecule has 5 heteroatoms. The first-order valence-corrected chi connectivity index (χ1v) is 15.5. The smallest absolute Gasteiger partial charge is 0.106 e. The van der Waals surface area contributed by atoms with Crippen LogP contribution in [0.2, 0.25) is 0 Å². The first kappa shape index (κ1) is 39.1. The molecule has 0 unspecified atom stereocenters. The Morgan fingerprint density at radius 3 is 1.33 bits per heavy atom. The van der Waals surface area contributed by atoms with Crippen molar-refractivity contribution in [3.05, 3.63) is 134 Å². The van der Waals surface area contributed by atoms with Crippen LogP contribution in [0.3, 0.4) is 0 Å². The van der Waals surface area contributed by atoms with Crippen LogP contribution < -0.4 is 0 Å². The summed E-state index contributed by atoms with van der Waals surface area (Å²) in [5.41, 5.74) is 1.41. The predicted molar refractivity (Wildman–Crippen MR) is 186 cm³/mol. The van der Waals surface area contributed by atoms with Gasteiger partial charge in [0.1, 0.15) is 5.76 Å². The Morgan fingerprint density at radius 2 is 1.09 bits per heavy atom. The SMILES string of the molecule is CC(C)C.CC(C)c1ccccc1.CC(C)c1ccco1.CC(C)n1cccc1.CC(C)n1cccn1.c1ccncc1. The lowest BCUT2D eigenvalue weighted by Gasteiger charge is -2.03. The summed E-state index contributed by atoms with van der Waals surface area (Å²) in [5, 5.41) is 4.03. The van der Waals surface area contributed by atoms with E-state index in [2.05, 4.69) is 127 Å². The molecule has 0 aliphatic carbocycles. The maximum atomic E-state index is 5.09. The molecule has 0 saturated carbocycles. The van der Waals surface area contributed by atoms with E-state index in [4.69, 9.17) is 4.42 Å². The van der Waals surface area contributed by atoms with Gasteiger partial charge in [0.15, 0.2) is 0 Å². The van der Waals surface area contributed by atoms with Crippen molar-refractivity contribution in [1.82, 2.24) is 19.3 Å². The second kappa shape index (κ2) is 24.7. The van der Waals surface area contributed by atoms with Crippen molar-refractivity contribution in [2.45, 2.75) is 100 Å². The van der Waals surface area contributed by atoms with Crippen LogP contribution in [0.1, 0.15) is 111 Å². The average molecular weight is 587 g/mol. The minimum atomic E-state index is 0.491. The minimum absolute atomic E-state index is 0.491. The third-order valence-corrected chi connectivity index (χ3v) is 5.42. The first-order valence-electron chi connectivity index (χ1n) is 15.5. The summed E-state index contributed by atoms with van der Waals surface area (Å²) in [7, 11) is 0. The van der Waals surface area contributed by atoms with Gasteiger partial charge < -0.3 is 8.98 Å². The Hall–Kier alpha value is -3.86. The van der Waals surface area contributed by atoms with Crippen LogP contribution in [0.15, 0.2) is 127 Å². The van der Waals surface area contributed by atoms with Crippen molar-refractivity contribution in [1.29, 1.82) is 0 Å². The van der Waals surface area contributed by atoms with Gasteiger partial charge in [-0.15, -0.1) is 0 Å². The molecule has 0 amide bonds. The summed E-state index contributed by atoms with van der Waals surface area (Å²) in [6, 6.07) is 27.2. The quantitative estimate of drug-likeness (QED) is 0.210. The van der Waals surface area contributed by atoms with Gasteiger partial charge in [0.25, 0.3) is 0 Å². The molecule has 0 N–H and O–H groups in total. The molecule has 5 rings (SSSR count). The van der Waals surface area contributed by atoms with Gasteiger partial charge in [-0.05, 0) is 87.6 Å². The fraction of sp³-hybridized carbons (Fsp3) is 0.421. The molecule has 0 radical (unpaired) electrons. The summed E-state index contributed by atoms with van der Waals surface area (Å²) in [6.45, 7) is 23.7. The van der Waals surface area contributed by atoms with Crippen molar-refractivity contribution in [2.24, 2.45) is 5.92 Å². The van der Waals surface area contributed by atoms with E-state index >= 15 is 0 Å². The number of nitrogens with zero attached hydrogens (tertiary/aromatic N) is 4. The van der Waals surface area contributed by atoms with Gasteiger partial charge in [0, 0.05) is 55.2 Å². The standard InChI is InChI=1S/C9H12.C7H11N.C7H10O.C6H10N2.C5H5N.C4H10/c1-8(2)9-6-4-3-5-7-9;1-7(2)8-5-3-4-6-8;1-6(2)7-4-3-5-8-7;1-6(2)8-5-3-4-7-8;1-2-4-6-5-3-1;1-4(2)3/h3-8H,1-2H3;3-7H,1-2H3;2*3-6H,1-2H3;1-5H;4H,1-3H3. The molecule has 0 saturated heterocycles. The fourth-order valence-corrected chi connectivity index (χ4v) is 3.05. The monoisotopic (exact) mass is 586 g/mol. The van der Waals surface area contributed by atoms with Crippen LogP contribution in [0.25, 0.3) is 0 Å². The average Bonchev–Trinajstić information content (AvgIpc) is 3.80. The van der Waals surface area contributed by atoms with E-state index in [1.807, 2.05) is 65.5 Å². The normalized spacial score (nSPS) is 9.86. The topological polar surface area (TPSA) is 48.8 Å². The number of hydrogen-bond acceptors (Lipinski definition) is 3. The van der Waals surface area contributed by atoms with Crippen LogP contribution in [-0.4, -0.2) is 19.3 Å². The lowest BCUT2D eigenvalue weighted by Crippen LogP contribution is -1.99. The maximum Gasteiger partial charge on any atom is 0.106 e. The number of furan rings is 1. The molecule has 0 atom stereocenters. The molecule has 43 heavy (non-hydrogen) atoms. The van der Waals surface area contributed by atoms with E-state index in [9.17, 15) is 0 Å². The highest BCUT2D eigenvalue weighted by Crippen LogP contribution is 2.13. The summed E-state index contributed by atoms with van der Waals surface area (Å²) in [5.74, 6) is 3.07. The number of pyridine rings is 1. The lowest BCUT2D eigenvalue weighted by molar-refractivity contribution is 0.487. The first-order chi connectivity index (χ1) is 20.5. The molecule has 4 aromatic heterocycles. The second-order valence-electron chi connectivity index (χ2n) is 11.8. The van der Waals surface area contributed by atoms with E-state index < -0.39 is 0 Å². The van der Waals surface area contributed by atoms with E-state index in [0.29, 0.717) is 23.9 Å². The zero-order valence-corrected chi connectivity index (χ0v) is 28.6. The summed E-state index contributed by atoms with van der Waals surface area (Å²) < 4.78 is 9.18. The van der Waals surface area contributed by atoms with Gasteiger partial charge in [-0.3, -0.25) is 9.67 Å². The highest BCUT2D eigenvalue weighted by Gasteiger charge is 1.98. The molecule has 5 nitrogen and oxygen atoms in total. The molecule has 0 bridgehead atoms. The molecule has 0 fully saturated rings. The van der Waals surface area contributed by atoms with Crippen molar-refractivity contribution in [3.63, 3.8) is 0 Å². The van der Waals surface area contributed by atoms with Gasteiger partial charge in [0.2, 0.25) is 0 Å². The van der Waals surface area contributed by atoms with E-state index in [-0.39, 0.29) is 0 Å². The largest absolute Gasteiger partial charge is 0.469 e. The Bertz CT molecular complexity index is 1060. The number of hydrogen-bond donors (Lipinski definition) is 0. The van der Waals surface area contributed by atoms with Crippen LogP contribution in [0.4, 0.5) is 0 Å². The van der Waals surface area contributed by atoms with Crippen molar-refractivity contribution in [3.8, 4) is 0 Å². The number of benzene rings is 1. The van der Waals surface area contributed by atoms with E-state index in [1.54, 1.807) is 24.9 Å².